The number of carboxylic acids is 1. The molecule has 2 fully saturated rings. The molecule has 0 spiro atoms. The summed E-state index contributed by atoms with van der Waals surface area (Å²) in [5, 5.41) is 8.74. The quantitative estimate of drug-likeness (QED) is 0.391. The van der Waals surface area contributed by atoms with Crippen LogP contribution in [0.25, 0.3) is 6.08 Å². The summed E-state index contributed by atoms with van der Waals surface area (Å²) >= 11 is 4.29. The average Bonchev–Trinajstić information content (AvgIpc) is 3.16. The van der Waals surface area contributed by atoms with E-state index in [-0.39, 0.29) is 29.5 Å². The number of benzene rings is 2. The second kappa shape index (κ2) is 12.5. The van der Waals surface area contributed by atoms with Crippen LogP contribution in [-0.4, -0.2) is 64.2 Å². The van der Waals surface area contributed by atoms with Gasteiger partial charge in [-0.2, -0.15) is 0 Å². The van der Waals surface area contributed by atoms with Crippen molar-refractivity contribution in [1.82, 2.24) is 9.80 Å². The van der Waals surface area contributed by atoms with E-state index in [9.17, 15) is 24.3 Å². The molecule has 1 N–H and O–H groups in total. The van der Waals surface area contributed by atoms with Gasteiger partial charge in [-0.3, -0.25) is 19.3 Å². The number of ether oxygens (including phenoxy) is 2. The molecule has 2 aromatic carbocycles. The molecule has 4 rings (SSSR count). The van der Waals surface area contributed by atoms with Gasteiger partial charge in [-0.25, -0.2) is 4.79 Å². The molecule has 9 nitrogen and oxygen atoms in total. The third-order valence-electron chi connectivity index (χ3n) is 6.06. The number of carbonyl (C=O) groups excluding carboxylic acids is 3. The highest BCUT2D eigenvalue weighted by Gasteiger charge is 2.37. The van der Waals surface area contributed by atoms with Gasteiger partial charge >= 0.3 is 5.97 Å². The summed E-state index contributed by atoms with van der Waals surface area (Å²) < 4.78 is 12.3. The van der Waals surface area contributed by atoms with Gasteiger partial charge in [-0.05, 0) is 95.3 Å². The summed E-state index contributed by atoms with van der Waals surface area (Å²) in [7, 11) is 0. The molecule has 11 heteroatoms. The van der Waals surface area contributed by atoms with Crippen molar-refractivity contribution in [2.45, 2.75) is 32.8 Å². The van der Waals surface area contributed by atoms with Gasteiger partial charge in [0.25, 0.3) is 11.1 Å². The third-order valence-corrected chi connectivity index (χ3v) is 7.56. The third kappa shape index (κ3) is 6.57. The molecule has 0 aromatic heterocycles. The van der Waals surface area contributed by atoms with Crippen molar-refractivity contribution >= 4 is 56.8 Å². The van der Waals surface area contributed by atoms with Crippen LogP contribution in [0, 0.1) is 0 Å². The van der Waals surface area contributed by atoms with Gasteiger partial charge in [0.15, 0.2) is 11.5 Å². The topological polar surface area (TPSA) is 113 Å². The van der Waals surface area contributed by atoms with Gasteiger partial charge < -0.3 is 19.5 Å². The number of carboxylic acid groups (broad SMARTS) is 1. The predicted molar refractivity (Wildman–Crippen MR) is 146 cm³/mol. The Morgan fingerprint density at radius 1 is 1.11 bits per heavy atom. The van der Waals surface area contributed by atoms with Gasteiger partial charge in [0.2, 0.25) is 5.91 Å². The Morgan fingerprint density at radius 2 is 1.87 bits per heavy atom. The summed E-state index contributed by atoms with van der Waals surface area (Å²) in [6.45, 7) is 3.34. The lowest BCUT2D eigenvalue weighted by molar-refractivity contribution is -0.136. The Kier molecular flexibility index (Phi) is 9.11. The van der Waals surface area contributed by atoms with Crippen molar-refractivity contribution in [2.24, 2.45) is 0 Å². The van der Waals surface area contributed by atoms with Crippen LogP contribution in [0.5, 0.6) is 11.5 Å². The fraction of sp³-hybridized carbons (Fsp3) is 0.333. The van der Waals surface area contributed by atoms with E-state index in [0.29, 0.717) is 46.8 Å². The van der Waals surface area contributed by atoms with Crippen molar-refractivity contribution in [3.05, 3.63) is 62.5 Å². The van der Waals surface area contributed by atoms with E-state index in [1.807, 2.05) is 6.92 Å². The van der Waals surface area contributed by atoms with Crippen molar-refractivity contribution < 1.29 is 33.8 Å². The lowest BCUT2D eigenvalue weighted by Gasteiger charge is -2.27. The summed E-state index contributed by atoms with van der Waals surface area (Å²) in [5.74, 6) is -0.900. The molecule has 2 aliphatic heterocycles. The van der Waals surface area contributed by atoms with Crippen LogP contribution in [0.1, 0.15) is 47.7 Å². The first-order valence-corrected chi connectivity index (χ1v) is 13.8. The van der Waals surface area contributed by atoms with Crippen molar-refractivity contribution in [3.63, 3.8) is 0 Å². The van der Waals surface area contributed by atoms with Gasteiger partial charge in [-0.1, -0.05) is 12.1 Å². The molecule has 2 heterocycles. The normalized spacial score (nSPS) is 16.7. The summed E-state index contributed by atoms with van der Waals surface area (Å²) in [6, 6.07) is 9.89. The van der Waals surface area contributed by atoms with Crippen LogP contribution in [0.15, 0.2) is 45.8 Å². The minimum Gasteiger partial charge on any atom is -0.490 e. The average molecular weight is 603 g/mol. The fourth-order valence-corrected chi connectivity index (χ4v) is 5.60. The molecule has 0 radical (unpaired) electrons. The number of rotatable bonds is 9. The summed E-state index contributed by atoms with van der Waals surface area (Å²) in [4.78, 5) is 52.3. The smallest absolute Gasteiger partial charge is 0.335 e. The van der Waals surface area contributed by atoms with Crippen LogP contribution in [0.2, 0.25) is 0 Å². The van der Waals surface area contributed by atoms with Gasteiger partial charge in [0, 0.05) is 13.1 Å². The maximum atomic E-state index is 13.0. The zero-order chi connectivity index (χ0) is 27.2. The summed E-state index contributed by atoms with van der Waals surface area (Å²) in [5.41, 5.74) is 1.45. The number of halogens is 1. The Hall–Kier alpha value is -3.31. The number of piperidine rings is 1. The zero-order valence-corrected chi connectivity index (χ0v) is 23.2. The Bertz CT molecular complexity index is 1290. The van der Waals surface area contributed by atoms with Crippen LogP contribution in [-0.2, 0) is 16.2 Å². The first kappa shape index (κ1) is 27.7. The molecule has 2 aliphatic rings. The van der Waals surface area contributed by atoms with E-state index < -0.39 is 17.1 Å². The highest BCUT2D eigenvalue weighted by molar-refractivity contribution is 9.10. The monoisotopic (exact) mass is 602 g/mol. The molecule has 38 heavy (non-hydrogen) atoms. The molecule has 0 bridgehead atoms. The number of aromatic carboxylic acids is 1. The Balaban J connectivity index is 1.50. The van der Waals surface area contributed by atoms with Crippen molar-refractivity contribution in [1.29, 1.82) is 0 Å². The van der Waals surface area contributed by atoms with Crippen LogP contribution >= 0.6 is 27.7 Å². The number of thioether (sulfide) groups is 1. The van der Waals surface area contributed by atoms with Gasteiger partial charge in [0.05, 0.1) is 21.5 Å². The first-order chi connectivity index (χ1) is 18.3. The minimum atomic E-state index is -1.02. The highest BCUT2D eigenvalue weighted by Crippen LogP contribution is 2.39. The number of carbonyl (C=O) groups is 4. The number of hydrogen-bond acceptors (Lipinski definition) is 7. The molecular formula is C27H27BrN2O7S. The Morgan fingerprint density at radius 3 is 2.58 bits per heavy atom. The molecule has 0 unspecified atom stereocenters. The first-order valence-electron chi connectivity index (χ1n) is 12.2. The van der Waals surface area contributed by atoms with E-state index in [1.165, 1.54) is 12.1 Å². The van der Waals surface area contributed by atoms with E-state index in [2.05, 4.69) is 15.9 Å². The Labute approximate surface area is 232 Å². The second-order valence-electron chi connectivity index (χ2n) is 8.77. The highest BCUT2D eigenvalue weighted by atomic mass is 79.9. The molecule has 3 amide bonds. The van der Waals surface area contributed by atoms with E-state index >= 15 is 0 Å². The van der Waals surface area contributed by atoms with Gasteiger partial charge in [0.1, 0.15) is 13.2 Å². The van der Waals surface area contributed by atoms with Gasteiger partial charge in [-0.15, -0.1) is 0 Å². The minimum absolute atomic E-state index is 0.114. The molecule has 200 valence electrons. The largest absolute Gasteiger partial charge is 0.490 e. The van der Waals surface area contributed by atoms with E-state index in [4.69, 9.17) is 9.47 Å². The van der Waals surface area contributed by atoms with E-state index in [0.717, 1.165) is 35.9 Å². The second-order valence-corrected chi connectivity index (χ2v) is 10.6. The SMILES string of the molecule is CCOc1cc(/C=C2\SC(=O)N(CC(=O)N3CCCCC3)C2=O)cc(Br)c1OCc1cccc(C(=O)O)c1. The van der Waals surface area contributed by atoms with E-state index in [1.54, 1.807) is 35.2 Å². The van der Waals surface area contributed by atoms with Crippen molar-refractivity contribution in [3.8, 4) is 11.5 Å². The molecule has 0 atom stereocenters. The number of likely N-dealkylation sites (tertiary alicyclic amines) is 1. The molecule has 2 aromatic rings. The maximum absolute atomic E-state index is 13.0. The van der Waals surface area contributed by atoms with Crippen LogP contribution in [0.3, 0.4) is 0 Å². The molecule has 0 aliphatic carbocycles. The fourth-order valence-electron chi connectivity index (χ4n) is 4.19. The number of amides is 3. The molecular weight excluding hydrogens is 576 g/mol. The molecule has 2 saturated heterocycles. The number of hydrogen-bond donors (Lipinski definition) is 1. The standard InChI is InChI=1S/C27H27BrN2O7S/c1-2-36-21-13-18(12-20(28)24(21)37-16-17-7-6-8-19(11-17)26(33)34)14-22-25(32)30(27(35)38-22)15-23(31)29-9-4-3-5-10-29/h6-8,11-14H,2-5,9-10,15-16H2,1H3,(H,33,34)/b22-14-. The lowest BCUT2D eigenvalue weighted by Crippen LogP contribution is -2.44. The summed E-state index contributed by atoms with van der Waals surface area (Å²) in [6.07, 6.45) is 4.52. The zero-order valence-electron chi connectivity index (χ0n) is 20.8. The number of nitrogens with zero attached hydrogens (tertiary/aromatic N) is 2. The maximum Gasteiger partial charge on any atom is 0.335 e. The predicted octanol–water partition coefficient (Wildman–Crippen LogP) is 5.17. The molecule has 0 saturated carbocycles. The lowest BCUT2D eigenvalue weighted by atomic mass is 10.1. The van der Waals surface area contributed by atoms with Crippen LogP contribution < -0.4 is 9.47 Å². The van der Waals surface area contributed by atoms with Crippen molar-refractivity contribution in [2.75, 3.05) is 26.2 Å². The number of imide groups is 1. The van der Waals surface area contributed by atoms with Crippen LogP contribution in [0.4, 0.5) is 4.79 Å².